The Morgan fingerprint density at radius 2 is 2.05 bits per heavy atom. The fraction of sp³-hybridized carbons (Fsp3) is 0.857. The third kappa shape index (κ3) is 6.57. The summed E-state index contributed by atoms with van der Waals surface area (Å²) in [7, 11) is 1.38. The van der Waals surface area contributed by atoms with Crippen molar-refractivity contribution in [2.45, 2.75) is 39.0 Å². The number of amides is 1. The molecule has 0 spiro atoms. The molecule has 1 amide bonds. The predicted octanol–water partition coefficient (Wildman–Crippen LogP) is 1.08. The zero-order chi connectivity index (χ0) is 14.1. The first kappa shape index (κ1) is 16.0. The van der Waals surface area contributed by atoms with Gasteiger partial charge in [0.05, 0.1) is 7.11 Å². The first-order valence-electron chi connectivity index (χ1n) is 7.17. The SMILES string of the molecule is COC(=O)CCCNC(=O)CC(C)C1CCNCC1. The van der Waals surface area contributed by atoms with Crippen molar-refractivity contribution >= 4 is 11.9 Å². The van der Waals surface area contributed by atoms with E-state index in [-0.39, 0.29) is 11.9 Å². The first-order valence-corrected chi connectivity index (χ1v) is 7.17. The number of hydrogen-bond donors (Lipinski definition) is 2. The average Bonchev–Trinajstić information content (AvgIpc) is 2.44. The van der Waals surface area contributed by atoms with E-state index >= 15 is 0 Å². The molecule has 1 aliphatic rings. The maximum Gasteiger partial charge on any atom is 0.305 e. The van der Waals surface area contributed by atoms with Crippen molar-refractivity contribution in [3.8, 4) is 0 Å². The van der Waals surface area contributed by atoms with E-state index in [9.17, 15) is 9.59 Å². The molecule has 1 unspecified atom stereocenters. The fourth-order valence-electron chi connectivity index (χ4n) is 2.51. The molecule has 19 heavy (non-hydrogen) atoms. The normalized spacial score (nSPS) is 17.8. The Kier molecular flexibility index (Phi) is 7.48. The Labute approximate surface area is 115 Å². The van der Waals surface area contributed by atoms with E-state index < -0.39 is 0 Å². The van der Waals surface area contributed by atoms with Crippen molar-refractivity contribution < 1.29 is 14.3 Å². The lowest BCUT2D eigenvalue weighted by molar-refractivity contribution is -0.140. The van der Waals surface area contributed by atoms with Crippen molar-refractivity contribution in [1.29, 1.82) is 0 Å². The van der Waals surface area contributed by atoms with Gasteiger partial charge < -0.3 is 15.4 Å². The highest BCUT2D eigenvalue weighted by Gasteiger charge is 2.21. The van der Waals surface area contributed by atoms with Crippen molar-refractivity contribution in [3.05, 3.63) is 0 Å². The molecule has 0 bridgehead atoms. The second-order valence-corrected chi connectivity index (χ2v) is 5.30. The number of esters is 1. The van der Waals surface area contributed by atoms with Crippen LogP contribution in [0.4, 0.5) is 0 Å². The molecule has 0 radical (unpaired) electrons. The lowest BCUT2D eigenvalue weighted by Gasteiger charge is -2.27. The van der Waals surface area contributed by atoms with E-state index in [4.69, 9.17) is 0 Å². The molecule has 5 heteroatoms. The van der Waals surface area contributed by atoms with Gasteiger partial charge in [0.2, 0.25) is 5.91 Å². The number of rotatable bonds is 7. The van der Waals surface area contributed by atoms with Gasteiger partial charge in [0.25, 0.3) is 0 Å². The van der Waals surface area contributed by atoms with Crippen LogP contribution in [-0.4, -0.2) is 38.6 Å². The molecule has 1 aliphatic heterocycles. The number of carbonyl (C=O) groups is 2. The molecular weight excluding hydrogens is 244 g/mol. The summed E-state index contributed by atoms with van der Waals surface area (Å²) in [6.45, 7) is 4.84. The monoisotopic (exact) mass is 270 g/mol. The van der Waals surface area contributed by atoms with Crippen molar-refractivity contribution in [2.75, 3.05) is 26.7 Å². The van der Waals surface area contributed by atoms with Crippen LogP contribution in [-0.2, 0) is 14.3 Å². The number of nitrogens with one attached hydrogen (secondary N) is 2. The summed E-state index contributed by atoms with van der Waals surface area (Å²) in [6, 6.07) is 0. The van der Waals surface area contributed by atoms with Crippen LogP contribution in [0.25, 0.3) is 0 Å². The van der Waals surface area contributed by atoms with Crippen LogP contribution in [0.3, 0.4) is 0 Å². The molecule has 0 aliphatic carbocycles. The first-order chi connectivity index (χ1) is 9.13. The molecule has 1 fully saturated rings. The summed E-state index contributed by atoms with van der Waals surface area (Å²) in [6.07, 6.45) is 3.91. The molecule has 1 rings (SSSR count). The number of methoxy groups -OCH3 is 1. The zero-order valence-corrected chi connectivity index (χ0v) is 12.0. The van der Waals surface area contributed by atoms with E-state index in [2.05, 4.69) is 22.3 Å². The Bertz CT molecular complexity index is 288. The van der Waals surface area contributed by atoms with Crippen LogP contribution in [0, 0.1) is 11.8 Å². The van der Waals surface area contributed by atoms with E-state index in [0.717, 1.165) is 25.9 Å². The molecule has 0 aromatic heterocycles. The highest BCUT2D eigenvalue weighted by atomic mass is 16.5. The minimum atomic E-state index is -0.225. The lowest BCUT2D eigenvalue weighted by atomic mass is 9.84. The van der Waals surface area contributed by atoms with Crippen molar-refractivity contribution in [1.82, 2.24) is 10.6 Å². The molecule has 5 nitrogen and oxygen atoms in total. The van der Waals surface area contributed by atoms with Gasteiger partial charge in [0.1, 0.15) is 0 Å². The summed E-state index contributed by atoms with van der Waals surface area (Å²) in [4.78, 5) is 22.7. The Hall–Kier alpha value is -1.10. The Balaban J connectivity index is 2.10. The number of carbonyl (C=O) groups excluding carboxylic acids is 2. The third-order valence-corrected chi connectivity index (χ3v) is 3.80. The van der Waals surface area contributed by atoms with E-state index in [1.54, 1.807) is 0 Å². The molecular formula is C14H26N2O3. The van der Waals surface area contributed by atoms with Crippen LogP contribution in [0.1, 0.15) is 39.0 Å². The van der Waals surface area contributed by atoms with Gasteiger partial charge in [0, 0.05) is 19.4 Å². The number of ether oxygens (including phenoxy) is 1. The largest absolute Gasteiger partial charge is 0.469 e. The van der Waals surface area contributed by atoms with Crippen molar-refractivity contribution in [3.63, 3.8) is 0 Å². The molecule has 1 heterocycles. The molecule has 0 saturated carbocycles. The maximum atomic E-state index is 11.8. The van der Waals surface area contributed by atoms with Crippen LogP contribution in [0.15, 0.2) is 0 Å². The Morgan fingerprint density at radius 3 is 2.68 bits per heavy atom. The highest BCUT2D eigenvalue weighted by molar-refractivity contribution is 5.76. The standard InChI is InChI=1S/C14H26N2O3/c1-11(12-5-8-15-9-6-12)10-13(17)16-7-3-4-14(18)19-2/h11-12,15H,3-10H2,1-2H3,(H,16,17). The number of piperidine rings is 1. The van der Waals surface area contributed by atoms with Crippen molar-refractivity contribution in [2.24, 2.45) is 11.8 Å². The fourth-order valence-corrected chi connectivity index (χ4v) is 2.51. The van der Waals surface area contributed by atoms with Crippen LogP contribution < -0.4 is 10.6 Å². The summed E-state index contributed by atoms with van der Waals surface area (Å²) in [5, 5.41) is 6.21. The molecule has 0 aromatic rings. The maximum absolute atomic E-state index is 11.8. The van der Waals surface area contributed by atoms with Crippen LogP contribution in [0.5, 0.6) is 0 Å². The van der Waals surface area contributed by atoms with Crippen LogP contribution >= 0.6 is 0 Å². The summed E-state index contributed by atoms with van der Waals surface area (Å²) < 4.78 is 4.54. The van der Waals surface area contributed by atoms with Gasteiger partial charge in [-0.1, -0.05) is 6.92 Å². The molecule has 0 aromatic carbocycles. The van der Waals surface area contributed by atoms with Gasteiger partial charge in [-0.05, 0) is 44.2 Å². The molecule has 2 N–H and O–H groups in total. The van der Waals surface area contributed by atoms with Gasteiger partial charge in [-0.3, -0.25) is 9.59 Å². The minimum Gasteiger partial charge on any atom is -0.469 e. The molecule has 1 saturated heterocycles. The summed E-state index contributed by atoms with van der Waals surface area (Å²) in [5.41, 5.74) is 0. The van der Waals surface area contributed by atoms with Crippen LogP contribution in [0.2, 0.25) is 0 Å². The van der Waals surface area contributed by atoms with E-state index in [0.29, 0.717) is 37.6 Å². The second-order valence-electron chi connectivity index (χ2n) is 5.30. The number of hydrogen-bond acceptors (Lipinski definition) is 4. The average molecular weight is 270 g/mol. The third-order valence-electron chi connectivity index (χ3n) is 3.80. The smallest absolute Gasteiger partial charge is 0.305 e. The van der Waals surface area contributed by atoms with E-state index in [1.165, 1.54) is 7.11 Å². The van der Waals surface area contributed by atoms with Gasteiger partial charge in [-0.25, -0.2) is 0 Å². The predicted molar refractivity (Wildman–Crippen MR) is 73.6 cm³/mol. The van der Waals surface area contributed by atoms with Gasteiger partial charge in [-0.15, -0.1) is 0 Å². The zero-order valence-electron chi connectivity index (χ0n) is 12.0. The Morgan fingerprint density at radius 1 is 1.37 bits per heavy atom. The molecule has 110 valence electrons. The summed E-state index contributed by atoms with van der Waals surface area (Å²) in [5.74, 6) is 0.956. The second kappa shape index (κ2) is 8.91. The molecule has 1 atom stereocenters. The summed E-state index contributed by atoms with van der Waals surface area (Å²) >= 11 is 0. The van der Waals surface area contributed by atoms with E-state index in [1.807, 2.05) is 0 Å². The minimum absolute atomic E-state index is 0.0934. The topological polar surface area (TPSA) is 67.4 Å². The quantitative estimate of drug-likeness (QED) is 0.536. The van der Waals surface area contributed by atoms with Gasteiger partial charge in [0.15, 0.2) is 0 Å². The van der Waals surface area contributed by atoms with Gasteiger partial charge >= 0.3 is 5.97 Å². The highest BCUT2D eigenvalue weighted by Crippen LogP contribution is 2.23. The lowest BCUT2D eigenvalue weighted by Crippen LogP contribution is -2.33. The van der Waals surface area contributed by atoms with Gasteiger partial charge in [-0.2, -0.15) is 0 Å².